The smallest absolute Gasteiger partial charge is 0.417 e. The van der Waals surface area contributed by atoms with Gasteiger partial charge in [0.1, 0.15) is 5.75 Å². The van der Waals surface area contributed by atoms with Crippen LogP contribution in [0.5, 0.6) is 11.6 Å². The number of benzene rings is 1. The SMILES string of the molecule is CC(C)(C)C1OC2(CCN(C(=O)O)CC2)CC1c1cccc(Oc2ccc(C(F)(F)F)cn2)c1. The number of hydrogen-bond acceptors (Lipinski definition) is 4. The summed E-state index contributed by atoms with van der Waals surface area (Å²) in [6.45, 7) is 7.27. The van der Waals surface area contributed by atoms with Gasteiger partial charge in [-0.05, 0) is 48.4 Å². The molecule has 1 aromatic carbocycles. The zero-order valence-electron chi connectivity index (χ0n) is 19.4. The molecular weight excluding hydrogens is 449 g/mol. The number of piperidine rings is 1. The average Bonchev–Trinajstić information content (AvgIpc) is 3.14. The van der Waals surface area contributed by atoms with Crippen LogP contribution in [0.1, 0.15) is 57.1 Å². The summed E-state index contributed by atoms with van der Waals surface area (Å²) in [6, 6.07) is 9.64. The molecule has 2 atom stereocenters. The summed E-state index contributed by atoms with van der Waals surface area (Å²) >= 11 is 0. The fourth-order valence-electron chi connectivity index (χ4n) is 4.95. The van der Waals surface area contributed by atoms with Crippen LogP contribution in [0.15, 0.2) is 42.6 Å². The first-order valence-corrected chi connectivity index (χ1v) is 11.3. The number of pyridine rings is 1. The highest BCUT2D eigenvalue weighted by Gasteiger charge is 2.52. The van der Waals surface area contributed by atoms with Crippen molar-refractivity contribution < 1.29 is 32.5 Å². The molecule has 2 fully saturated rings. The molecule has 0 bridgehead atoms. The first-order valence-electron chi connectivity index (χ1n) is 11.3. The summed E-state index contributed by atoms with van der Waals surface area (Å²) in [5.41, 5.74) is -0.337. The molecule has 0 radical (unpaired) electrons. The van der Waals surface area contributed by atoms with Crippen LogP contribution < -0.4 is 4.74 Å². The Bertz CT molecular complexity index is 1030. The van der Waals surface area contributed by atoms with E-state index in [-0.39, 0.29) is 28.9 Å². The molecule has 1 N–H and O–H groups in total. The number of amides is 1. The standard InChI is InChI=1S/C25H29F3N2O4/c1-23(2,3)21-19(14-24(34-21)9-11-30(12-10-24)22(31)32)16-5-4-6-18(13-16)33-20-8-7-17(15-29-20)25(26,27)28/h4-8,13,15,19,21H,9-12,14H2,1-3H3,(H,31,32). The molecule has 9 heteroatoms. The Morgan fingerprint density at radius 2 is 1.88 bits per heavy atom. The molecule has 2 aromatic rings. The van der Waals surface area contributed by atoms with E-state index in [1.807, 2.05) is 18.2 Å². The van der Waals surface area contributed by atoms with Gasteiger partial charge < -0.3 is 19.5 Å². The number of nitrogens with zero attached hydrogens (tertiary/aromatic N) is 2. The molecule has 184 valence electrons. The molecule has 6 nitrogen and oxygen atoms in total. The molecule has 34 heavy (non-hydrogen) atoms. The van der Waals surface area contributed by atoms with Crippen molar-refractivity contribution in [2.75, 3.05) is 13.1 Å². The second-order valence-corrected chi connectivity index (χ2v) is 10.2. The number of halogens is 3. The van der Waals surface area contributed by atoms with Crippen LogP contribution in [0.25, 0.3) is 0 Å². The molecule has 1 amide bonds. The van der Waals surface area contributed by atoms with Crippen LogP contribution >= 0.6 is 0 Å². The van der Waals surface area contributed by atoms with Gasteiger partial charge >= 0.3 is 12.3 Å². The van der Waals surface area contributed by atoms with Gasteiger partial charge in [0.05, 0.1) is 17.3 Å². The minimum atomic E-state index is -4.45. The van der Waals surface area contributed by atoms with Gasteiger partial charge in [-0.3, -0.25) is 0 Å². The molecule has 2 aliphatic heterocycles. The van der Waals surface area contributed by atoms with Crippen LogP contribution in [0.3, 0.4) is 0 Å². The maximum atomic E-state index is 12.8. The van der Waals surface area contributed by atoms with Crippen LogP contribution in [-0.4, -0.2) is 45.9 Å². The zero-order chi connectivity index (χ0) is 24.7. The lowest BCUT2D eigenvalue weighted by Gasteiger charge is -2.39. The molecule has 2 aliphatic rings. The summed E-state index contributed by atoms with van der Waals surface area (Å²) < 4.78 is 50.8. The van der Waals surface area contributed by atoms with Gasteiger partial charge in [-0.2, -0.15) is 13.2 Å². The van der Waals surface area contributed by atoms with Crippen LogP contribution in [-0.2, 0) is 10.9 Å². The number of hydrogen-bond donors (Lipinski definition) is 1. The van der Waals surface area contributed by atoms with E-state index >= 15 is 0 Å². The van der Waals surface area contributed by atoms with Crippen molar-refractivity contribution in [3.05, 3.63) is 53.7 Å². The third-order valence-electron chi connectivity index (χ3n) is 6.71. The van der Waals surface area contributed by atoms with Gasteiger partial charge in [0.25, 0.3) is 0 Å². The lowest BCUT2D eigenvalue weighted by molar-refractivity contribution is -0.137. The predicted molar refractivity (Wildman–Crippen MR) is 119 cm³/mol. The van der Waals surface area contributed by atoms with Gasteiger partial charge in [-0.15, -0.1) is 0 Å². The molecule has 1 aromatic heterocycles. The van der Waals surface area contributed by atoms with E-state index in [2.05, 4.69) is 25.8 Å². The normalized spacial score (nSPS) is 22.7. The van der Waals surface area contributed by atoms with Crippen molar-refractivity contribution in [1.82, 2.24) is 9.88 Å². The second kappa shape index (κ2) is 8.76. The number of ether oxygens (including phenoxy) is 2. The summed E-state index contributed by atoms with van der Waals surface area (Å²) in [7, 11) is 0. The van der Waals surface area contributed by atoms with Gasteiger partial charge in [0.2, 0.25) is 5.88 Å². The molecule has 2 unspecified atom stereocenters. The van der Waals surface area contributed by atoms with Crippen molar-refractivity contribution in [3.8, 4) is 11.6 Å². The van der Waals surface area contributed by atoms with Gasteiger partial charge in [0.15, 0.2) is 0 Å². The number of rotatable bonds is 3. The summed E-state index contributed by atoms with van der Waals surface area (Å²) in [4.78, 5) is 16.6. The summed E-state index contributed by atoms with van der Waals surface area (Å²) in [6.07, 6.45) is -2.62. The van der Waals surface area contributed by atoms with E-state index in [0.29, 0.717) is 31.7 Å². The first kappa shape index (κ1) is 24.3. The average molecular weight is 479 g/mol. The van der Waals surface area contributed by atoms with Crippen molar-refractivity contribution in [1.29, 1.82) is 0 Å². The third kappa shape index (κ3) is 5.14. The topological polar surface area (TPSA) is 71.9 Å². The number of carbonyl (C=O) groups is 1. The van der Waals surface area contributed by atoms with Gasteiger partial charge in [-0.1, -0.05) is 32.9 Å². The van der Waals surface area contributed by atoms with Crippen molar-refractivity contribution >= 4 is 6.09 Å². The fraction of sp³-hybridized carbons (Fsp3) is 0.520. The number of likely N-dealkylation sites (tertiary alicyclic amines) is 1. The summed E-state index contributed by atoms with van der Waals surface area (Å²) in [5, 5.41) is 9.30. The van der Waals surface area contributed by atoms with Gasteiger partial charge in [-0.25, -0.2) is 9.78 Å². The number of alkyl halides is 3. The van der Waals surface area contributed by atoms with Crippen LogP contribution in [0, 0.1) is 5.41 Å². The van der Waals surface area contributed by atoms with E-state index in [9.17, 15) is 23.1 Å². The molecule has 3 heterocycles. The van der Waals surface area contributed by atoms with Crippen LogP contribution in [0.2, 0.25) is 0 Å². The lowest BCUT2D eigenvalue weighted by Crippen LogP contribution is -2.46. The fourth-order valence-corrected chi connectivity index (χ4v) is 4.95. The Morgan fingerprint density at radius 1 is 1.18 bits per heavy atom. The van der Waals surface area contributed by atoms with E-state index in [0.717, 1.165) is 24.2 Å². The highest BCUT2D eigenvalue weighted by atomic mass is 19.4. The highest BCUT2D eigenvalue weighted by Crippen LogP contribution is 2.51. The van der Waals surface area contributed by atoms with E-state index in [1.54, 1.807) is 6.07 Å². The maximum Gasteiger partial charge on any atom is 0.417 e. The third-order valence-corrected chi connectivity index (χ3v) is 6.71. The summed E-state index contributed by atoms with van der Waals surface area (Å²) in [5.74, 6) is 0.636. The Hall–Kier alpha value is -2.81. The number of carboxylic acid groups (broad SMARTS) is 1. The minimum Gasteiger partial charge on any atom is -0.465 e. The number of aromatic nitrogens is 1. The van der Waals surface area contributed by atoms with Crippen molar-refractivity contribution in [2.24, 2.45) is 5.41 Å². The Balaban J connectivity index is 1.54. The molecule has 2 saturated heterocycles. The Morgan fingerprint density at radius 3 is 2.44 bits per heavy atom. The Labute approximate surface area is 196 Å². The first-order chi connectivity index (χ1) is 15.9. The van der Waals surface area contributed by atoms with Crippen LogP contribution in [0.4, 0.5) is 18.0 Å². The molecule has 4 rings (SSSR count). The predicted octanol–water partition coefficient (Wildman–Crippen LogP) is 6.32. The second-order valence-electron chi connectivity index (χ2n) is 10.2. The van der Waals surface area contributed by atoms with Crippen molar-refractivity contribution in [2.45, 2.75) is 63.8 Å². The minimum absolute atomic E-state index is 0.0699. The maximum absolute atomic E-state index is 12.8. The monoisotopic (exact) mass is 478 g/mol. The van der Waals surface area contributed by atoms with E-state index in [4.69, 9.17) is 9.47 Å². The molecule has 0 aliphatic carbocycles. The highest BCUT2D eigenvalue weighted by molar-refractivity contribution is 5.65. The van der Waals surface area contributed by atoms with Crippen molar-refractivity contribution in [3.63, 3.8) is 0 Å². The Kier molecular flexibility index (Phi) is 6.27. The van der Waals surface area contributed by atoms with E-state index in [1.165, 1.54) is 11.0 Å². The van der Waals surface area contributed by atoms with E-state index < -0.39 is 17.8 Å². The molecule has 1 spiro atoms. The zero-order valence-corrected chi connectivity index (χ0v) is 19.4. The lowest BCUT2D eigenvalue weighted by atomic mass is 9.75. The largest absolute Gasteiger partial charge is 0.465 e. The van der Waals surface area contributed by atoms with Gasteiger partial charge in [0, 0.05) is 31.3 Å². The quantitative estimate of drug-likeness (QED) is 0.559. The molecular formula is C25H29F3N2O4. The molecule has 0 saturated carbocycles.